The van der Waals surface area contributed by atoms with Crippen LogP contribution in [0.3, 0.4) is 0 Å². The van der Waals surface area contributed by atoms with E-state index in [4.69, 9.17) is 4.74 Å². The molecule has 1 fully saturated rings. The summed E-state index contributed by atoms with van der Waals surface area (Å²) in [5.74, 6) is -2.47. The second-order valence-corrected chi connectivity index (χ2v) is 7.76. The molecular weight excluding hydrogens is 434 g/mol. The number of carbonyl (C=O) groups is 1. The first-order valence-electron chi connectivity index (χ1n) is 10.1. The highest BCUT2D eigenvalue weighted by molar-refractivity contribution is 5.98. The number of ketones is 1. The maximum atomic E-state index is 14.9. The highest BCUT2D eigenvalue weighted by Gasteiger charge is 2.48. The van der Waals surface area contributed by atoms with E-state index >= 15 is 0 Å². The third-order valence-corrected chi connectivity index (χ3v) is 5.65. The standard InChI is InChI=1S/C20H21F4N5O3/c1-12-11-32-8-7-27(12)17-16(21)18(31)28-6-4-15(20(22,23)24)29(19(28)26-17)10-14(30)13-3-2-5-25-9-13/h2-3,5,9,12,15H,4,6-8,10-11H2,1H3. The van der Waals surface area contributed by atoms with Crippen molar-refractivity contribution in [3.05, 3.63) is 46.3 Å². The Balaban J connectivity index is 1.80. The molecule has 0 aromatic carbocycles. The van der Waals surface area contributed by atoms with Crippen LogP contribution in [0.4, 0.5) is 29.3 Å². The maximum Gasteiger partial charge on any atom is 0.408 e. The number of carbonyl (C=O) groups excluding carboxylic acids is 1. The van der Waals surface area contributed by atoms with Crippen molar-refractivity contribution >= 4 is 17.5 Å². The van der Waals surface area contributed by atoms with Crippen LogP contribution in [0.1, 0.15) is 23.7 Å². The lowest BCUT2D eigenvalue weighted by Crippen LogP contribution is -2.55. The molecule has 0 spiro atoms. The molecule has 2 atom stereocenters. The highest BCUT2D eigenvalue weighted by atomic mass is 19.4. The molecule has 0 N–H and O–H groups in total. The lowest BCUT2D eigenvalue weighted by atomic mass is 10.1. The molecule has 0 bridgehead atoms. The SMILES string of the molecule is CC1COCCN1c1nc2n(c(=O)c1F)CCC(C(F)(F)F)N2CC(=O)c1cccnc1. The molecule has 0 saturated carbocycles. The minimum Gasteiger partial charge on any atom is -0.377 e. The van der Waals surface area contributed by atoms with E-state index < -0.39 is 42.3 Å². The van der Waals surface area contributed by atoms with E-state index in [1.165, 1.54) is 29.4 Å². The van der Waals surface area contributed by atoms with Gasteiger partial charge in [-0.05, 0) is 25.5 Å². The fourth-order valence-electron chi connectivity index (χ4n) is 4.00. The zero-order valence-electron chi connectivity index (χ0n) is 17.2. The lowest BCUT2D eigenvalue weighted by Gasteiger charge is -2.40. The summed E-state index contributed by atoms with van der Waals surface area (Å²) in [6.45, 7) is 1.43. The number of nitrogens with zero attached hydrogens (tertiary/aromatic N) is 5. The number of hydrogen-bond acceptors (Lipinski definition) is 7. The molecule has 2 unspecified atom stereocenters. The highest BCUT2D eigenvalue weighted by Crippen LogP contribution is 2.35. The number of ether oxygens (including phenoxy) is 1. The first-order valence-corrected chi connectivity index (χ1v) is 10.1. The number of halogens is 4. The number of fused-ring (bicyclic) bond motifs is 1. The van der Waals surface area contributed by atoms with E-state index in [0.29, 0.717) is 0 Å². The molecule has 2 aromatic heterocycles. The van der Waals surface area contributed by atoms with Gasteiger partial charge in [0.15, 0.2) is 11.6 Å². The molecule has 4 heterocycles. The molecule has 32 heavy (non-hydrogen) atoms. The van der Waals surface area contributed by atoms with Crippen molar-refractivity contribution in [1.82, 2.24) is 14.5 Å². The summed E-state index contributed by atoms with van der Waals surface area (Å²) in [5, 5.41) is 0. The Morgan fingerprint density at radius 1 is 1.31 bits per heavy atom. The van der Waals surface area contributed by atoms with Crippen LogP contribution in [0.2, 0.25) is 0 Å². The van der Waals surface area contributed by atoms with Gasteiger partial charge in [0.1, 0.15) is 6.04 Å². The Bertz CT molecular complexity index is 1060. The first kappa shape index (κ1) is 22.2. The van der Waals surface area contributed by atoms with Gasteiger partial charge in [-0.25, -0.2) is 0 Å². The van der Waals surface area contributed by atoms with Crippen molar-refractivity contribution in [2.24, 2.45) is 0 Å². The monoisotopic (exact) mass is 455 g/mol. The van der Waals surface area contributed by atoms with Crippen molar-refractivity contribution in [3.63, 3.8) is 0 Å². The smallest absolute Gasteiger partial charge is 0.377 e. The quantitative estimate of drug-likeness (QED) is 0.516. The maximum absolute atomic E-state index is 14.9. The molecule has 4 rings (SSSR count). The fourth-order valence-corrected chi connectivity index (χ4v) is 4.00. The van der Waals surface area contributed by atoms with Crippen molar-refractivity contribution in [2.75, 3.05) is 36.1 Å². The van der Waals surface area contributed by atoms with Crippen molar-refractivity contribution < 1.29 is 27.1 Å². The summed E-state index contributed by atoms with van der Waals surface area (Å²) < 4.78 is 62.7. The molecule has 12 heteroatoms. The second kappa shape index (κ2) is 8.49. The number of morpholine rings is 1. The van der Waals surface area contributed by atoms with E-state index in [2.05, 4.69) is 9.97 Å². The average Bonchev–Trinajstić information content (AvgIpc) is 2.76. The van der Waals surface area contributed by atoms with Crippen LogP contribution in [-0.2, 0) is 11.3 Å². The molecule has 2 aliphatic heterocycles. The number of hydrogen-bond donors (Lipinski definition) is 0. The zero-order chi connectivity index (χ0) is 23.0. The van der Waals surface area contributed by atoms with Gasteiger partial charge >= 0.3 is 6.18 Å². The molecule has 172 valence electrons. The predicted octanol–water partition coefficient (Wildman–Crippen LogP) is 2.03. The summed E-state index contributed by atoms with van der Waals surface area (Å²) in [5.41, 5.74) is -0.944. The van der Waals surface area contributed by atoms with Crippen LogP contribution in [0.15, 0.2) is 29.3 Å². The summed E-state index contributed by atoms with van der Waals surface area (Å²) in [4.78, 5) is 35.7. The average molecular weight is 455 g/mol. The van der Waals surface area contributed by atoms with Crippen molar-refractivity contribution in [2.45, 2.75) is 38.1 Å². The van der Waals surface area contributed by atoms with Gasteiger partial charge in [0, 0.05) is 31.0 Å². The largest absolute Gasteiger partial charge is 0.408 e. The van der Waals surface area contributed by atoms with Crippen LogP contribution in [-0.4, -0.2) is 64.9 Å². The van der Waals surface area contributed by atoms with E-state index in [-0.39, 0.29) is 49.7 Å². The Labute approximate surface area is 180 Å². The van der Waals surface area contributed by atoms with Gasteiger partial charge in [0.2, 0.25) is 11.8 Å². The molecule has 0 amide bonds. The van der Waals surface area contributed by atoms with Gasteiger partial charge in [-0.15, -0.1) is 0 Å². The third kappa shape index (κ3) is 4.06. The topological polar surface area (TPSA) is 80.6 Å². The molecule has 2 aromatic rings. The van der Waals surface area contributed by atoms with Gasteiger partial charge < -0.3 is 14.5 Å². The van der Waals surface area contributed by atoms with Crippen molar-refractivity contribution in [3.8, 4) is 0 Å². The molecule has 1 saturated heterocycles. The fraction of sp³-hybridized carbons (Fsp3) is 0.500. The van der Waals surface area contributed by atoms with Crippen LogP contribution in [0.25, 0.3) is 0 Å². The predicted molar refractivity (Wildman–Crippen MR) is 106 cm³/mol. The van der Waals surface area contributed by atoms with E-state index in [9.17, 15) is 27.2 Å². The number of alkyl halides is 3. The summed E-state index contributed by atoms with van der Waals surface area (Å²) in [7, 11) is 0. The third-order valence-electron chi connectivity index (χ3n) is 5.65. The van der Waals surface area contributed by atoms with Crippen LogP contribution < -0.4 is 15.4 Å². The van der Waals surface area contributed by atoms with E-state index in [0.717, 1.165) is 9.47 Å². The molecular formula is C20H21F4N5O3. The van der Waals surface area contributed by atoms with Crippen LogP contribution in [0.5, 0.6) is 0 Å². The summed E-state index contributed by atoms with van der Waals surface area (Å²) >= 11 is 0. The lowest BCUT2D eigenvalue weighted by molar-refractivity contribution is -0.152. The van der Waals surface area contributed by atoms with Gasteiger partial charge in [0.25, 0.3) is 5.56 Å². The Hall–Kier alpha value is -3.02. The number of aromatic nitrogens is 3. The molecule has 8 nitrogen and oxygen atoms in total. The van der Waals surface area contributed by atoms with Gasteiger partial charge in [-0.1, -0.05) is 0 Å². The number of anilines is 2. The molecule has 0 radical (unpaired) electrons. The summed E-state index contributed by atoms with van der Waals surface area (Å²) in [6, 6.07) is 0.555. The first-order chi connectivity index (χ1) is 15.2. The van der Waals surface area contributed by atoms with Gasteiger partial charge in [0.05, 0.1) is 25.8 Å². The van der Waals surface area contributed by atoms with Crippen LogP contribution in [0, 0.1) is 5.82 Å². The minimum absolute atomic E-state index is 0.122. The summed E-state index contributed by atoms with van der Waals surface area (Å²) in [6.07, 6.45) is -2.50. The van der Waals surface area contributed by atoms with Crippen LogP contribution >= 0.6 is 0 Å². The van der Waals surface area contributed by atoms with Gasteiger partial charge in [-0.2, -0.15) is 22.5 Å². The van der Waals surface area contributed by atoms with Gasteiger partial charge in [-0.3, -0.25) is 19.1 Å². The minimum atomic E-state index is -4.68. The normalized spacial score (nSPS) is 21.4. The van der Waals surface area contributed by atoms with Crippen molar-refractivity contribution in [1.29, 1.82) is 0 Å². The Morgan fingerprint density at radius 3 is 2.75 bits per heavy atom. The Morgan fingerprint density at radius 2 is 2.09 bits per heavy atom. The number of pyridine rings is 1. The number of rotatable bonds is 4. The Kier molecular flexibility index (Phi) is 5.89. The van der Waals surface area contributed by atoms with E-state index in [1.54, 1.807) is 6.92 Å². The van der Waals surface area contributed by atoms with E-state index in [1.807, 2.05) is 0 Å². The molecule has 2 aliphatic rings. The second-order valence-electron chi connectivity index (χ2n) is 7.76. The molecule has 0 aliphatic carbocycles. The zero-order valence-corrected chi connectivity index (χ0v) is 17.2. The number of Topliss-reactive ketones (excluding diaryl/α,β-unsaturated/α-hetero) is 1.